The number of likely N-dealkylation sites (tertiary alicyclic amines) is 1. The van der Waals surface area contributed by atoms with E-state index in [-0.39, 0.29) is 11.9 Å². The van der Waals surface area contributed by atoms with Crippen LogP contribution >= 0.6 is 0 Å². The van der Waals surface area contributed by atoms with Crippen molar-refractivity contribution in [3.8, 4) is 0 Å². The van der Waals surface area contributed by atoms with Crippen molar-refractivity contribution >= 4 is 11.9 Å². The zero-order valence-corrected chi connectivity index (χ0v) is 10.9. The molecule has 1 saturated heterocycles. The van der Waals surface area contributed by atoms with Crippen molar-refractivity contribution in [2.75, 3.05) is 19.6 Å². The first-order chi connectivity index (χ1) is 8.65. The number of hydrogen-bond donors (Lipinski definition) is 3. The smallest absolute Gasteiger partial charge is 0.324 e. The highest BCUT2D eigenvalue weighted by Crippen LogP contribution is 2.08. The Morgan fingerprint density at radius 2 is 1.83 bits per heavy atom. The summed E-state index contributed by atoms with van der Waals surface area (Å²) in [6, 6.07) is -0.931. The lowest BCUT2D eigenvalue weighted by Crippen LogP contribution is -2.50. The summed E-state index contributed by atoms with van der Waals surface area (Å²) in [7, 11) is 0. The number of nitrogens with zero attached hydrogens (tertiary/aromatic N) is 1. The minimum Gasteiger partial charge on any atom is -0.330 e. The number of amides is 3. The van der Waals surface area contributed by atoms with Crippen LogP contribution in [0.5, 0.6) is 0 Å². The molecule has 0 aromatic carbocycles. The Morgan fingerprint density at radius 1 is 1.17 bits per heavy atom. The van der Waals surface area contributed by atoms with Crippen LogP contribution < -0.4 is 16.8 Å². The van der Waals surface area contributed by atoms with E-state index in [1.54, 1.807) is 4.90 Å². The van der Waals surface area contributed by atoms with Crippen molar-refractivity contribution < 1.29 is 9.59 Å². The first-order valence-corrected chi connectivity index (χ1v) is 6.70. The van der Waals surface area contributed by atoms with E-state index in [2.05, 4.69) is 5.32 Å². The molecule has 18 heavy (non-hydrogen) atoms. The van der Waals surface area contributed by atoms with Gasteiger partial charge in [-0.15, -0.1) is 0 Å². The third-order valence-corrected chi connectivity index (χ3v) is 3.18. The summed E-state index contributed by atoms with van der Waals surface area (Å²) < 4.78 is 0. The third-order valence-electron chi connectivity index (χ3n) is 3.18. The number of piperidine rings is 1. The largest absolute Gasteiger partial charge is 0.330 e. The number of imide groups is 1. The topological polar surface area (TPSA) is 101 Å². The molecule has 0 radical (unpaired) electrons. The van der Waals surface area contributed by atoms with E-state index in [1.165, 1.54) is 0 Å². The molecule has 0 aromatic heterocycles. The van der Waals surface area contributed by atoms with Crippen LogP contribution in [0.15, 0.2) is 0 Å². The molecule has 1 heterocycles. The second kappa shape index (κ2) is 8.05. The van der Waals surface area contributed by atoms with Crippen LogP contribution in [0.1, 0.15) is 38.5 Å². The first-order valence-electron chi connectivity index (χ1n) is 6.70. The number of nitrogens with two attached hydrogens (primary N) is 2. The maximum absolute atomic E-state index is 11.8. The molecule has 0 aromatic rings. The van der Waals surface area contributed by atoms with Crippen molar-refractivity contribution in [3.63, 3.8) is 0 Å². The van der Waals surface area contributed by atoms with Crippen molar-refractivity contribution in [2.45, 2.75) is 44.6 Å². The van der Waals surface area contributed by atoms with Crippen molar-refractivity contribution in [2.24, 2.45) is 11.5 Å². The predicted octanol–water partition coefficient (Wildman–Crippen LogP) is 0.165. The summed E-state index contributed by atoms with van der Waals surface area (Å²) in [5.41, 5.74) is 11.1. The lowest BCUT2D eigenvalue weighted by molar-refractivity contribution is -0.121. The first kappa shape index (κ1) is 14.9. The van der Waals surface area contributed by atoms with Gasteiger partial charge in [-0.2, -0.15) is 0 Å². The second-order valence-electron chi connectivity index (χ2n) is 4.73. The maximum atomic E-state index is 11.8. The van der Waals surface area contributed by atoms with E-state index < -0.39 is 6.04 Å². The van der Waals surface area contributed by atoms with Crippen molar-refractivity contribution in [3.05, 3.63) is 0 Å². The molecule has 5 N–H and O–H groups in total. The molecule has 1 rings (SSSR count). The average molecular weight is 256 g/mol. The van der Waals surface area contributed by atoms with E-state index in [1.807, 2.05) is 0 Å². The summed E-state index contributed by atoms with van der Waals surface area (Å²) in [4.78, 5) is 25.1. The molecule has 0 unspecified atom stereocenters. The highest BCUT2D eigenvalue weighted by atomic mass is 16.2. The number of rotatable bonds is 5. The van der Waals surface area contributed by atoms with E-state index in [4.69, 9.17) is 11.5 Å². The number of hydrogen-bond acceptors (Lipinski definition) is 4. The van der Waals surface area contributed by atoms with Gasteiger partial charge in [0.05, 0.1) is 6.04 Å². The standard InChI is InChI=1S/C12H24N4O2/c13-7-3-2-6-10(14)11(17)15-12(18)16-8-4-1-5-9-16/h10H,1-9,13-14H2,(H,15,17,18)/t10-/m0/s1. The molecule has 1 fully saturated rings. The summed E-state index contributed by atoms with van der Waals surface area (Å²) in [6.07, 6.45) is 5.38. The fourth-order valence-electron chi connectivity index (χ4n) is 2.01. The van der Waals surface area contributed by atoms with Gasteiger partial charge in [-0.1, -0.05) is 6.42 Å². The Morgan fingerprint density at radius 3 is 2.44 bits per heavy atom. The SMILES string of the molecule is NCCCC[C@H](N)C(=O)NC(=O)N1CCCCC1. The van der Waals surface area contributed by atoms with Crippen molar-refractivity contribution in [1.82, 2.24) is 10.2 Å². The van der Waals surface area contributed by atoms with E-state index >= 15 is 0 Å². The van der Waals surface area contributed by atoms with Crippen molar-refractivity contribution in [1.29, 1.82) is 0 Å². The summed E-state index contributed by atoms with van der Waals surface area (Å²) in [5, 5.41) is 2.37. The van der Waals surface area contributed by atoms with Gasteiger partial charge in [-0.3, -0.25) is 10.1 Å². The molecule has 0 saturated carbocycles. The number of nitrogens with one attached hydrogen (secondary N) is 1. The molecule has 6 heteroatoms. The molecule has 0 aliphatic carbocycles. The zero-order chi connectivity index (χ0) is 13.4. The number of unbranched alkanes of at least 4 members (excludes halogenated alkanes) is 1. The van der Waals surface area contributed by atoms with Crippen LogP contribution in [0.25, 0.3) is 0 Å². The van der Waals surface area contributed by atoms with Gasteiger partial charge in [0.15, 0.2) is 0 Å². The average Bonchev–Trinajstić information content (AvgIpc) is 2.39. The van der Waals surface area contributed by atoms with Crippen LogP contribution in [0.3, 0.4) is 0 Å². The highest BCUT2D eigenvalue weighted by molar-refractivity contribution is 5.96. The highest BCUT2D eigenvalue weighted by Gasteiger charge is 2.21. The molecular weight excluding hydrogens is 232 g/mol. The molecule has 0 bridgehead atoms. The Bertz CT molecular complexity index is 277. The van der Waals surface area contributed by atoms with Crippen LogP contribution in [-0.2, 0) is 4.79 Å². The summed E-state index contributed by atoms with van der Waals surface area (Å²) in [5.74, 6) is -0.386. The maximum Gasteiger partial charge on any atom is 0.324 e. The Kier molecular flexibility index (Phi) is 6.67. The third kappa shape index (κ3) is 5.01. The van der Waals surface area contributed by atoms with Gasteiger partial charge in [-0.05, 0) is 38.6 Å². The summed E-state index contributed by atoms with van der Waals surface area (Å²) >= 11 is 0. The quantitative estimate of drug-likeness (QED) is 0.610. The molecule has 1 atom stereocenters. The molecule has 0 spiro atoms. The number of urea groups is 1. The minimum atomic E-state index is -0.620. The number of carbonyl (C=O) groups is 2. The predicted molar refractivity (Wildman–Crippen MR) is 69.8 cm³/mol. The molecule has 104 valence electrons. The van der Waals surface area contributed by atoms with Gasteiger partial charge < -0.3 is 16.4 Å². The van der Waals surface area contributed by atoms with E-state index in [0.717, 1.165) is 45.2 Å². The lowest BCUT2D eigenvalue weighted by Gasteiger charge is -2.26. The molecule has 6 nitrogen and oxygen atoms in total. The number of carbonyl (C=O) groups excluding carboxylic acids is 2. The van der Waals surface area contributed by atoms with Gasteiger partial charge in [0.2, 0.25) is 5.91 Å². The monoisotopic (exact) mass is 256 g/mol. The minimum absolute atomic E-state index is 0.311. The van der Waals surface area contributed by atoms with Crippen LogP contribution in [0.2, 0.25) is 0 Å². The molecular formula is C12H24N4O2. The lowest BCUT2D eigenvalue weighted by atomic mass is 10.1. The van der Waals surface area contributed by atoms with Crippen LogP contribution in [-0.4, -0.2) is 42.5 Å². The van der Waals surface area contributed by atoms with Gasteiger partial charge in [0, 0.05) is 13.1 Å². The van der Waals surface area contributed by atoms with Crippen LogP contribution in [0, 0.1) is 0 Å². The van der Waals surface area contributed by atoms with Gasteiger partial charge in [-0.25, -0.2) is 4.79 Å². The molecule has 1 aliphatic heterocycles. The molecule has 3 amide bonds. The zero-order valence-electron chi connectivity index (χ0n) is 10.9. The van der Waals surface area contributed by atoms with E-state index in [9.17, 15) is 9.59 Å². The Labute approximate surface area is 108 Å². The van der Waals surface area contributed by atoms with E-state index in [0.29, 0.717) is 13.0 Å². The fraction of sp³-hybridized carbons (Fsp3) is 0.833. The van der Waals surface area contributed by atoms with Gasteiger partial charge in [0.1, 0.15) is 0 Å². The van der Waals surface area contributed by atoms with Gasteiger partial charge >= 0.3 is 6.03 Å². The van der Waals surface area contributed by atoms with Crippen LogP contribution in [0.4, 0.5) is 4.79 Å². The fourth-order valence-corrected chi connectivity index (χ4v) is 2.01. The van der Waals surface area contributed by atoms with Gasteiger partial charge in [0.25, 0.3) is 0 Å². The normalized spacial score (nSPS) is 17.3. The summed E-state index contributed by atoms with van der Waals surface area (Å²) in [6.45, 7) is 2.05. The second-order valence-corrected chi connectivity index (χ2v) is 4.73. The molecule has 1 aliphatic rings. The Balaban J connectivity index is 2.27. The Hall–Kier alpha value is -1.14.